The number of carbonyl (C=O) groups excluding carboxylic acids is 1. The molecule has 1 fully saturated rings. The number of aromatic nitrogens is 1. The first-order valence-corrected chi connectivity index (χ1v) is 6.63. The van der Waals surface area contributed by atoms with Gasteiger partial charge in [-0.2, -0.15) is 0 Å². The van der Waals surface area contributed by atoms with Crippen LogP contribution in [0.1, 0.15) is 20.7 Å². The molecule has 2 N–H and O–H groups in total. The van der Waals surface area contributed by atoms with Crippen LogP contribution in [0.15, 0.2) is 24.3 Å². The van der Waals surface area contributed by atoms with E-state index in [4.69, 9.17) is 9.60 Å². The number of hydrogen-bond acceptors (Lipinski definition) is 3. The third-order valence-corrected chi connectivity index (χ3v) is 3.19. The van der Waals surface area contributed by atoms with Gasteiger partial charge in [-0.15, -0.1) is 0 Å². The quantitative estimate of drug-likeness (QED) is 0.886. The van der Waals surface area contributed by atoms with Gasteiger partial charge < -0.3 is 19.9 Å². The minimum atomic E-state index is -2.66. The van der Waals surface area contributed by atoms with E-state index in [0.29, 0.717) is 23.9 Å². The summed E-state index contributed by atoms with van der Waals surface area (Å²) in [7, 11) is 3.75. The van der Waals surface area contributed by atoms with Crippen molar-refractivity contribution in [3.63, 3.8) is 0 Å². The standard InChI is InChI=1S/C16H21N3O2/c1-19(2)6-5-12-9-17-15-4-3-11(8-14(12)15)7-13-10-21-16(20)18-13/h3-4,8-9,13,17H,5-7,10H2,1-2H3,(H,18,20)/t13-/m0/s1/i3D,4D,8D,9D,10D2,13D. The van der Waals surface area contributed by atoms with Crippen molar-refractivity contribution >= 4 is 17.0 Å². The number of aromatic amines is 1. The Labute approximate surface area is 134 Å². The maximum atomic E-state index is 11.5. The normalized spacial score (nSPS) is 28.9. The lowest BCUT2D eigenvalue weighted by Gasteiger charge is -2.09. The highest BCUT2D eigenvalue weighted by Crippen LogP contribution is 2.21. The van der Waals surface area contributed by atoms with Gasteiger partial charge in [0.25, 0.3) is 0 Å². The van der Waals surface area contributed by atoms with Crippen LogP contribution in [-0.2, 0) is 17.6 Å². The summed E-state index contributed by atoms with van der Waals surface area (Å²) >= 11 is 0. The van der Waals surface area contributed by atoms with Gasteiger partial charge in [0, 0.05) is 23.6 Å². The minimum Gasteiger partial charge on any atom is -0.447 e. The number of hydrogen-bond donors (Lipinski definition) is 2. The Morgan fingerprint density at radius 3 is 3.14 bits per heavy atom. The number of nitrogens with zero attached hydrogens (tertiary/aromatic N) is 1. The molecule has 1 aromatic carbocycles. The van der Waals surface area contributed by atoms with E-state index < -0.39 is 25.1 Å². The zero-order valence-electron chi connectivity index (χ0n) is 18.9. The number of carbonyl (C=O) groups is 1. The first-order chi connectivity index (χ1) is 12.9. The number of nitrogens with one attached hydrogen (secondary N) is 2. The van der Waals surface area contributed by atoms with Gasteiger partial charge >= 0.3 is 6.09 Å². The van der Waals surface area contributed by atoms with Crippen LogP contribution in [0.2, 0.25) is 0 Å². The molecule has 1 aliphatic heterocycles. The Morgan fingerprint density at radius 1 is 1.57 bits per heavy atom. The Balaban J connectivity index is 2.16. The van der Waals surface area contributed by atoms with E-state index in [0.717, 1.165) is 0 Å². The van der Waals surface area contributed by atoms with Crippen molar-refractivity contribution in [2.75, 3.05) is 27.2 Å². The Morgan fingerprint density at radius 2 is 2.43 bits per heavy atom. The molecule has 0 aliphatic carbocycles. The molecule has 21 heavy (non-hydrogen) atoms. The molecule has 1 atom stereocenters. The second-order valence-electron chi connectivity index (χ2n) is 5.16. The van der Waals surface area contributed by atoms with Crippen molar-refractivity contribution in [3.05, 3.63) is 35.4 Å². The highest BCUT2D eigenvalue weighted by Gasteiger charge is 2.22. The van der Waals surface area contributed by atoms with E-state index in [-0.39, 0.29) is 35.4 Å². The fourth-order valence-electron chi connectivity index (χ4n) is 2.12. The third kappa shape index (κ3) is 3.19. The fraction of sp³-hybridized carbons (Fsp3) is 0.438. The van der Waals surface area contributed by atoms with Gasteiger partial charge in [-0.25, -0.2) is 4.79 Å². The van der Waals surface area contributed by atoms with Crippen LogP contribution < -0.4 is 5.32 Å². The van der Waals surface area contributed by atoms with Gasteiger partial charge in [0.2, 0.25) is 0 Å². The smallest absolute Gasteiger partial charge is 0.407 e. The van der Waals surface area contributed by atoms with Crippen LogP contribution in [0.25, 0.3) is 10.9 Å². The number of ether oxygens (including phenoxy) is 1. The van der Waals surface area contributed by atoms with Gasteiger partial charge in [-0.3, -0.25) is 0 Å². The number of H-pyrrole nitrogens is 1. The zero-order valence-corrected chi connectivity index (χ0v) is 11.9. The molecule has 0 spiro atoms. The van der Waals surface area contributed by atoms with E-state index in [1.54, 1.807) is 0 Å². The van der Waals surface area contributed by atoms with E-state index in [2.05, 4.69) is 15.0 Å². The summed E-state index contributed by atoms with van der Waals surface area (Å²) in [5.41, 5.74) is 0.677. The maximum absolute atomic E-state index is 11.5. The Hall–Kier alpha value is -2.01. The molecule has 1 aliphatic rings. The van der Waals surface area contributed by atoms with E-state index in [9.17, 15) is 4.79 Å². The zero-order chi connectivity index (χ0) is 21.0. The molecule has 0 bridgehead atoms. The number of fused-ring (bicyclic) bond motifs is 1. The molecule has 0 unspecified atom stereocenters. The van der Waals surface area contributed by atoms with Crippen LogP contribution in [0.5, 0.6) is 0 Å². The molecule has 5 heteroatoms. The van der Waals surface area contributed by atoms with Crippen molar-refractivity contribution in [1.29, 1.82) is 0 Å². The lowest BCUT2D eigenvalue weighted by atomic mass is 10.0. The Bertz CT molecular complexity index is 960. The molecular formula is C16H21N3O2. The summed E-state index contributed by atoms with van der Waals surface area (Å²) in [6.45, 7) is -2.05. The molecule has 5 nitrogen and oxygen atoms in total. The van der Waals surface area contributed by atoms with Crippen LogP contribution in [0.3, 0.4) is 0 Å². The molecule has 2 aromatic rings. The van der Waals surface area contributed by atoms with Crippen LogP contribution in [0.4, 0.5) is 4.79 Å². The van der Waals surface area contributed by atoms with Gasteiger partial charge in [-0.05, 0) is 50.1 Å². The largest absolute Gasteiger partial charge is 0.447 e. The number of rotatable bonds is 5. The highest BCUT2D eigenvalue weighted by atomic mass is 16.6. The van der Waals surface area contributed by atoms with Crippen molar-refractivity contribution < 1.29 is 19.1 Å². The van der Waals surface area contributed by atoms with E-state index in [1.165, 1.54) is 0 Å². The molecule has 1 saturated heterocycles. The number of likely N-dealkylation sites (N-methyl/N-ethyl adjacent to an activating group) is 1. The lowest BCUT2D eigenvalue weighted by Crippen LogP contribution is -2.28. The number of alkyl carbamates (subject to hydrolysis) is 1. The summed E-state index contributed by atoms with van der Waals surface area (Å²) < 4.78 is 61.6. The second-order valence-corrected chi connectivity index (χ2v) is 5.16. The number of cyclic esters (lactones) is 1. The first-order valence-electron chi connectivity index (χ1n) is 10.1. The average molecular weight is 294 g/mol. The van der Waals surface area contributed by atoms with E-state index >= 15 is 0 Å². The van der Waals surface area contributed by atoms with Crippen LogP contribution in [-0.4, -0.2) is 49.2 Å². The van der Waals surface area contributed by atoms with Gasteiger partial charge in [0.1, 0.15) is 6.56 Å². The maximum Gasteiger partial charge on any atom is 0.407 e. The number of benzene rings is 1. The SMILES string of the molecule is [2H]c1[nH]c2c([2H])c([2H])c(C[C@]3([2H])NC(=O)OC3([2H])[2H])c([2H])c2c1CCN(C)C. The summed E-state index contributed by atoms with van der Waals surface area (Å²) in [4.78, 5) is 16.1. The molecule has 3 rings (SSSR count). The summed E-state index contributed by atoms with van der Waals surface area (Å²) in [5.74, 6) is 0. The molecule has 112 valence electrons. The summed E-state index contributed by atoms with van der Waals surface area (Å²) in [6.07, 6.45) is -1.10. The van der Waals surface area contributed by atoms with Gasteiger partial charge in [0.15, 0.2) is 0 Å². The predicted octanol–water partition coefficient (Wildman–Crippen LogP) is 1.92. The average Bonchev–Trinajstić information content (AvgIpc) is 3.00. The molecule has 1 aromatic heterocycles. The minimum absolute atomic E-state index is 0.0488. The summed E-state index contributed by atoms with van der Waals surface area (Å²) in [5, 5.41) is 2.42. The highest BCUT2D eigenvalue weighted by molar-refractivity contribution is 5.84. The van der Waals surface area contributed by atoms with Crippen LogP contribution >= 0.6 is 0 Å². The molecule has 0 radical (unpaired) electrons. The monoisotopic (exact) mass is 294 g/mol. The predicted molar refractivity (Wildman–Crippen MR) is 82.5 cm³/mol. The molecule has 2 heterocycles. The van der Waals surface area contributed by atoms with Crippen molar-refractivity contribution in [3.8, 4) is 0 Å². The Kier molecular flexibility index (Phi) is 2.16. The second kappa shape index (κ2) is 5.77. The molecular weight excluding hydrogens is 266 g/mol. The van der Waals surface area contributed by atoms with Gasteiger partial charge in [-0.1, -0.05) is 6.04 Å². The third-order valence-electron chi connectivity index (χ3n) is 3.19. The molecule has 1 amide bonds. The summed E-state index contributed by atoms with van der Waals surface area (Å²) in [6, 6.07) is -2.97. The first kappa shape index (κ1) is 7.84. The molecule has 0 saturated carbocycles. The van der Waals surface area contributed by atoms with Crippen molar-refractivity contribution in [2.45, 2.75) is 18.9 Å². The van der Waals surface area contributed by atoms with E-state index in [1.807, 2.05) is 19.0 Å². The lowest BCUT2D eigenvalue weighted by molar-refractivity contribution is 0.177. The van der Waals surface area contributed by atoms with Gasteiger partial charge in [0.05, 0.1) is 15.6 Å². The van der Waals surface area contributed by atoms with Crippen LogP contribution in [0, 0.1) is 0 Å². The number of amides is 1. The van der Waals surface area contributed by atoms with Crippen molar-refractivity contribution in [1.82, 2.24) is 15.2 Å². The van der Waals surface area contributed by atoms with Crippen molar-refractivity contribution in [2.24, 2.45) is 0 Å². The topological polar surface area (TPSA) is 57.4 Å². The fourth-order valence-corrected chi connectivity index (χ4v) is 2.12.